The molecule has 0 saturated heterocycles. The average molecular weight is 356 g/mol. The van der Waals surface area contributed by atoms with Crippen LogP contribution in [0.5, 0.6) is 5.75 Å². The Morgan fingerprint density at radius 1 is 1.40 bits per heavy atom. The Morgan fingerprint density at radius 2 is 2.20 bits per heavy atom. The molecule has 0 aliphatic rings. The van der Waals surface area contributed by atoms with Gasteiger partial charge in [0, 0.05) is 24.4 Å². The summed E-state index contributed by atoms with van der Waals surface area (Å²) in [5.74, 6) is 0.589. The number of rotatable bonds is 5. The summed E-state index contributed by atoms with van der Waals surface area (Å²) in [7, 11) is 1.89. The van der Waals surface area contributed by atoms with Gasteiger partial charge in [-0.15, -0.1) is 0 Å². The number of ether oxygens (including phenoxy) is 1. The van der Waals surface area contributed by atoms with E-state index in [4.69, 9.17) is 4.74 Å². The first-order chi connectivity index (χ1) is 12.0. The first kappa shape index (κ1) is 17.2. The Morgan fingerprint density at radius 3 is 2.88 bits per heavy atom. The van der Waals surface area contributed by atoms with Crippen LogP contribution in [-0.2, 0) is 11.8 Å². The van der Waals surface area contributed by atoms with Crippen molar-refractivity contribution < 1.29 is 9.53 Å². The SMILES string of the molecule is CCOc1ccc2nc(NC(=O)C=Cc3c(C)nn(C)c3C)sc2c1. The molecule has 0 atom stereocenters. The van der Waals surface area contributed by atoms with Gasteiger partial charge < -0.3 is 4.74 Å². The first-order valence-corrected chi connectivity index (χ1v) is 8.82. The van der Waals surface area contributed by atoms with E-state index < -0.39 is 0 Å². The first-order valence-electron chi connectivity index (χ1n) is 8.00. The minimum atomic E-state index is -0.216. The summed E-state index contributed by atoms with van der Waals surface area (Å²) in [6.45, 7) is 6.46. The van der Waals surface area contributed by atoms with Gasteiger partial charge in [-0.1, -0.05) is 11.3 Å². The van der Waals surface area contributed by atoms with Crippen LogP contribution < -0.4 is 10.1 Å². The summed E-state index contributed by atoms with van der Waals surface area (Å²) in [6, 6.07) is 5.71. The van der Waals surface area contributed by atoms with E-state index in [0.717, 1.165) is 32.9 Å². The molecule has 3 aromatic rings. The molecule has 0 spiro atoms. The molecule has 1 aromatic carbocycles. The van der Waals surface area contributed by atoms with Crippen LogP contribution in [0.2, 0.25) is 0 Å². The van der Waals surface area contributed by atoms with Gasteiger partial charge in [-0.3, -0.25) is 14.8 Å². The molecule has 1 N–H and O–H groups in total. The zero-order valence-electron chi connectivity index (χ0n) is 14.7. The number of thiazole rings is 1. The molecule has 6 nitrogen and oxygen atoms in total. The second-order valence-corrected chi connectivity index (χ2v) is 6.64. The highest BCUT2D eigenvalue weighted by Crippen LogP contribution is 2.29. The van der Waals surface area contributed by atoms with Gasteiger partial charge in [0.25, 0.3) is 0 Å². The predicted molar refractivity (Wildman–Crippen MR) is 101 cm³/mol. The molecule has 7 heteroatoms. The van der Waals surface area contributed by atoms with Crippen molar-refractivity contribution in [3.05, 3.63) is 41.2 Å². The topological polar surface area (TPSA) is 69.0 Å². The summed E-state index contributed by atoms with van der Waals surface area (Å²) >= 11 is 1.42. The molecule has 0 aliphatic heterocycles. The molecular weight excluding hydrogens is 336 g/mol. The fourth-order valence-electron chi connectivity index (χ4n) is 2.55. The molecule has 2 aromatic heterocycles. The number of aromatic nitrogens is 3. The van der Waals surface area contributed by atoms with Crippen LogP contribution in [0.4, 0.5) is 5.13 Å². The number of carbonyl (C=O) groups is 1. The van der Waals surface area contributed by atoms with E-state index in [1.54, 1.807) is 10.8 Å². The number of aryl methyl sites for hydroxylation is 2. The molecule has 0 fully saturated rings. The minimum Gasteiger partial charge on any atom is -0.494 e. The predicted octanol–water partition coefficient (Wildman–Crippen LogP) is 3.70. The number of anilines is 1. The normalized spacial score (nSPS) is 11.4. The minimum absolute atomic E-state index is 0.216. The molecule has 0 aliphatic carbocycles. The van der Waals surface area contributed by atoms with Crippen molar-refractivity contribution in [1.29, 1.82) is 0 Å². The van der Waals surface area contributed by atoms with Crippen molar-refractivity contribution >= 4 is 38.7 Å². The number of benzene rings is 1. The van der Waals surface area contributed by atoms with E-state index in [9.17, 15) is 4.79 Å². The van der Waals surface area contributed by atoms with E-state index in [2.05, 4.69) is 15.4 Å². The Hall–Kier alpha value is -2.67. The third-order valence-electron chi connectivity index (χ3n) is 3.87. The van der Waals surface area contributed by atoms with Gasteiger partial charge in [0.2, 0.25) is 5.91 Å². The fraction of sp³-hybridized carbons (Fsp3) is 0.278. The molecule has 0 unspecified atom stereocenters. The van der Waals surface area contributed by atoms with Gasteiger partial charge in [-0.25, -0.2) is 4.98 Å². The van der Waals surface area contributed by atoms with Gasteiger partial charge in [-0.2, -0.15) is 5.10 Å². The number of fused-ring (bicyclic) bond motifs is 1. The number of carbonyl (C=O) groups excluding carboxylic acids is 1. The van der Waals surface area contributed by atoms with Crippen LogP contribution >= 0.6 is 11.3 Å². The Labute approximate surface area is 150 Å². The van der Waals surface area contributed by atoms with Crippen molar-refractivity contribution in [2.24, 2.45) is 7.05 Å². The van der Waals surface area contributed by atoms with Gasteiger partial charge >= 0.3 is 0 Å². The van der Waals surface area contributed by atoms with Gasteiger partial charge in [0.1, 0.15) is 5.75 Å². The standard InChI is InChI=1S/C18H20N4O2S/c1-5-24-13-6-8-15-16(10-13)25-18(19-15)20-17(23)9-7-14-11(2)21-22(4)12(14)3/h6-10H,5H2,1-4H3,(H,19,20,23). The molecule has 130 valence electrons. The number of hydrogen-bond acceptors (Lipinski definition) is 5. The fourth-order valence-corrected chi connectivity index (χ4v) is 3.45. The van der Waals surface area contributed by atoms with Crippen molar-refractivity contribution in [1.82, 2.24) is 14.8 Å². The maximum atomic E-state index is 12.2. The molecule has 0 bridgehead atoms. The van der Waals surface area contributed by atoms with Crippen molar-refractivity contribution in [2.45, 2.75) is 20.8 Å². The highest BCUT2D eigenvalue weighted by Gasteiger charge is 2.09. The largest absolute Gasteiger partial charge is 0.494 e. The van der Waals surface area contributed by atoms with Gasteiger partial charge in [-0.05, 0) is 45.0 Å². The molecule has 0 saturated carbocycles. The molecule has 0 radical (unpaired) electrons. The lowest BCUT2D eigenvalue weighted by Crippen LogP contribution is -2.07. The zero-order valence-corrected chi connectivity index (χ0v) is 15.5. The quantitative estimate of drug-likeness (QED) is 0.708. The monoisotopic (exact) mass is 356 g/mol. The lowest BCUT2D eigenvalue weighted by molar-refractivity contribution is -0.111. The van der Waals surface area contributed by atoms with Crippen molar-refractivity contribution in [3.63, 3.8) is 0 Å². The van der Waals surface area contributed by atoms with Crippen LogP contribution in [0.25, 0.3) is 16.3 Å². The van der Waals surface area contributed by atoms with Gasteiger partial charge in [0.15, 0.2) is 5.13 Å². The van der Waals surface area contributed by atoms with E-state index in [1.807, 2.05) is 46.0 Å². The zero-order chi connectivity index (χ0) is 18.0. The molecule has 25 heavy (non-hydrogen) atoms. The second kappa shape index (κ2) is 7.06. The maximum Gasteiger partial charge on any atom is 0.250 e. The summed E-state index contributed by atoms with van der Waals surface area (Å²) in [5.41, 5.74) is 3.72. The molecule has 1 amide bonds. The average Bonchev–Trinajstić information content (AvgIpc) is 3.06. The number of nitrogens with one attached hydrogen (secondary N) is 1. The molecule has 2 heterocycles. The Kier molecular flexibility index (Phi) is 4.85. The van der Waals surface area contributed by atoms with Gasteiger partial charge in [0.05, 0.1) is 22.5 Å². The summed E-state index contributed by atoms with van der Waals surface area (Å²) in [6.07, 6.45) is 3.29. The molecule has 3 rings (SSSR count). The maximum absolute atomic E-state index is 12.2. The van der Waals surface area contributed by atoms with Crippen LogP contribution in [0, 0.1) is 13.8 Å². The van der Waals surface area contributed by atoms with E-state index in [0.29, 0.717) is 11.7 Å². The van der Waals surface area contributed by atoms with Crippen LogP contribution in [0.3, 0.4) is 0 Å². The number of nitrogens with zero attached hydrogens (tertiary/aromatic N) is 3. The van der Waals surface area contributed by atoms with E-state index in [1.165, 1.54) is 17.4 Å². The van der Waals surface area contributed by atoms with E-state index >= 15 is 0 Å². The van der Waals surface area contributed by atoms with Crippen molar-refractivity contribution in [3.8, 4) is 5.75 Å². The van der Waals surface area contributed by atoms with E-state index in [-0.39, 0.29) is 5.91 Å². The third kappa shape index (κ3) is 3.71. The Balaban J connectivity index is 1.74. The van der Waals surface area contributed by atoms with Crippen LogP contribution in [-0.4, -0.2) is 27.3 Å². The summed E-state index contributed by atoms with van der Waals surface area (Å²) in [4.78, 5) is 16.6. The van der Waals surface area contributed by atoms with Crippen LogP contribution in [0.1, 0.15) is 23.9 Å². The Bertz CT molecular complexity index is 956. The lowest BCUT2D eigenvalue weighted by atomic mass is 10.2. The smallest absolute Gasteiger partial charge is 0.250 e. The van der Waals surface area contributed by atoms with Crippen molar-refractivity contribution in [2.75, 3.05) is 11.9 Å². The highest BCUT2D eigenvalue weighted by atomic mass is 32.1. The number of hydrogen-bond donors (Lipinski definition) is 1. The molecular formula is C18H20N4O2S. The third-order valence-corrected chi connectivity index (χ3v) is 4.80. The second-order valence-electron chi connectivity index (χ2n) is 5.61. The van der Waals surface area contributed by atoms with Crippen LogP contribution in [0.15, 0.2) is 24.3 Å². The lowest BCUT2D eigenvalue weighted by Gasteiger charge is -2.00. The summed E-state index contributed by atoms with van der Waals surface area (Å²) in [5, 5.41) is 7.72. The number of amides is 1. The summed E-state index contributed by atoms with van der Waals surface area (Å²) < 4.78 is 8.27. The highest BCUT2D eigenvalue weighted by molar-refractivity contribution is 7.22.